The SMILES string of the molecule is O=C(OC[C@H]1O[C@@H](n2ccc(=O)[nH]c2=O)[C@]2(O)O[C@]12O)c1ccccc1. The third-order valence-electron chi connectivity index (χ3n) is 4.33. The van der Waals surface area contributed by atoms with Gasteiger partial charge in [0.05, 0.1) is 5.56 Å². The van der Waals surface area contributed by atoms with Crippen LogP contribution in [0.1, 0.15) is 16.6 Å². The Kier molecular flexibility index (Phi) is 3.59. The minimum atomic E-state index is -2.20. The van der Waals surface area contributed by atoms with Gasteiger partial charge in [0.25, 0.3) is 17.1 Å². The van der Waals surface area contributed by atoms with E-state index < -0.39 is 47.7 Å². The number of esters is 1. The summed E-state index contributed by atoms with van der Waals surface area (Å²) in [6, 6.07) is 9.23. The van der Waals surface area contributed by atoms with Crippen molar-refractivity contribution in [2.75, 3.05) is 6.61 Å². The molecule has 10 nitrogen and oxygen atoms in total. The van der Waals surface area contributed by atoms with Crippen molar-refractivity contribution in [2.24, 2.45) is 0 Å². The van der Waals surface area contributed by atoms with E-state index >= 15 is 0 Å². The number of rotatable bonds is 4. The number of hydrogen-bond acceptors (Lipinski definition) is 8. The Balaban J connectivity index is 1.52. The number of aliphatic hydroxyl groups is 2. The van der Waals surface area contributed by atoms with Crippen molar-refractivity contribution in [3.05, 3.63) is 69.0 Å². The van der Waals surface area contributed by atoms with Crippen molar-refractivity contribution in [2.45, 2.75) is 23.9 Å². The Bertz CT molecular complexity index is 970. The van der Waals surface area contributed by atoms with Gasteiger partial charge in [-0.25, -0.2) is 9.59 Å². The molecular weight excluding hydrogens is 348 g/mol. The van der Waals surface area contributed by atoms with Gasteiger partial charge in [0.15, 0.2) is 12.3 Å². The predicted molar refractivity (Wildman–Crippen MR) is 82.9 cm³/mol. The minimum Gasteiger partial charge on any atom is -0.459 e. The Morgan fingerprint density at radius 2 is 1.92 bits per heavy atom. The van der Waals surface area contributed by atoms with Crippen molar-refractivity contribution in [3.8, 4) is 0 Å². The number of aromatic nitrogens is 2. The first-order valence-electron chi connectivity index (χ1n) is 7.69. The van der Waals surface area contributed by atoms with Crippen LogP contribution in [0.3, 0.4) is 0 Å². The summed E-state index contributed by atoms with van der Waals surface area (Å²) in [5.74, 6) is -4.98. The van der Waals surface area contributed by atoms with Gasteiger partial charge in [-0.2, -0.15) is 0 Å². The zero-order valence-corrected chi connectivity index (χ0v) is 13.2. The third kappa shape index (κ3) is 2.39. The molecule has 0 radical (unpaired) electrons. The Morgan fingerprint density at radius 1 is 1.19 bits per heavy atom. The van der Waals surface area contributed by atoms with Crippen LogP contribution in [0.2, 0.25) is 0 Å². The van der Waals surface area contributed by atoms with Crippen LogP contribution in [0, 0.1) is 0 Å². The first kappa shape index (κ1) is 16.7. The van der Waals surface area contributed by atoms with Crippen molar-refractivity contribution >= 4 is 5.97 Å². The van der Waals surface area contributed by atoms with E-state index in [4.69, 9.17) is 14.2 Å². The number of fused-ring (bicyclic) bond motifs is 1. The second kappa shape index (κ2) is 5.61. The molecule has 0 unspecified atom stereocenters. The average Bonchev–Trinajstić information content (AvgIpc) is 3.12. The topological polar surface area (TPSA) is 143 Å². The van der Waals surface area contributed by atoms with E-state index in [-0.39, 0.29) is 0 Å². The number of benzene rings is 1. The number of hydrogen-bond donors (Lipinski definition) is 3. The number of carbonyl (C=O) groups excluding carboxylic acids is 1. The molecule has 4 atom stereocenters. The first-order valence-corrected chi connectivity index (χ1v) is 7.69. The summed E-state index contributed by atoms with van der Waals surface area (Å²) in [5, 5.41) is 20.8. The monoisotopic (exact) mass is 362 g/mol. The summed E-state index contributed by atoms with van der Waals surface area (Å²) in [5.41, 5.74) is -1.18. The molecule has 0 aliphatic carbocycles. The third-order valence-corrected chi connectivity index (χ3v) is 4.33. The van der Waals surface area contributed by atoms with Gasteiger partial charge in [-0.3, -0.25) is 14.3 Å². The highest BCUT2D eigenvalue weighted by Crippen LogP contribution is 2.60. The molecule has 2 aliphatic heterocycles. The summed E-state index contributed by atoms with van der Waals surface area (Å²) >= 11 is 0. The van der Waals surface area contributed by atoms with E-state index in [0.717, 1.165) is 16.8 Å². The maximum atomic E-state index is 12.0. The van der Waals surface area contributed by atoms with Gasteiger partial charge in [0.2, 0.25) is 0 Å². The smallest absolute Gasteiger partial charge is 0.338 e. The summed E-state index contributed by atoms with van der Waals surface area (Å²) in [7, 11) is 0. The second-order valence-electron chi connectivity index (χ2n) is 5.95. The van der Waals surface area contributed by atoms with Crippen molar-refractivity contribution in [1.29, 1.82) is 0 Å². The molecule has 3 heterocycles. The molecule has 136 valence electrons. The highest BCUT2D eigenvalue weighted by Gasteiger charge is 2.84. The summed E-state index contributed by atoms with van der Waals surface area (Å²) in [6.07, 6.45) is -1.55. The highest BCUT2D eigenvalue weighted by molar-refractivity contribution is 5.89. The molecular formula is C16H14N2O8. The predicted octanol–water partition coefficient (Wildman–Crippen LogP) is -1.30. The lowest BCUT2D eigenvalue weighted by Gasteiger charge is -2.20. The number of carbonyl (C=O) groups is 1. The van der Waals surface area contributed by atoms with Gasteiger partial charge in [-0.05, 0) is 12.1 Å². The van der Waals surface area contributed by atoms with E-state index in [1.54, 1.807) is 30.3 Å². The van der Waals surface area contributed by atoms with E-state index in [1.807, 2.05) is 4.98 Å². The molecule has 10 heteroatoms. The van der Waals surface area contributed by atoms with E-state index in [9.17, 15) is 24.6 Å². The van der Waals surface area contributed by atoms with Crippen LogP contribution >= 0.6 is 0 Å². The Labute approximate surface area is 145 Å². The molecule has 2 aliphatic rings. The van der Waals surface area contributed by atoms with Crippen LogP contribution in [-0.2, 0) is 14.2 Å². The average molecular weight is 362 g/mol. The molecule has 4 rings (SSSR count). The normalized spacial score (nSPS) is 32.1. The van der Waals surface area contributed by atoms with E-state index in [2.05, 4.69) is 0 Å². The lowest BCUT2D eigenvalue weighted by Crippen LogP contribution is -2.38. The van der Waals surface area contributed by atoms with Crippen molar-refractivity contribution < 1.29 is 29.2 Å². The van der Waals surface area contributed by atoms with Gasteiger partial charge in [-0.1, -0.05) is 18.2 Å². The van der Waals surface area contributed by atoms with Gasteiger partial charge < -0.3 is 24.4 Å². The molecule has 2 fully saturated rings. The quantitative estimate of drug-likeness (QED) is 0.450. The maximum absolute atomic E-state index is 12.0. The highest BCUT2D eigenvalue weighted by atomic mass is 16.9. The fourth-order valence-electron chi connectivity index (χ4n) is 2.90. The number of nitrogens with one attached hydrogen (secondary N) is 1. The largest absolute Gasteiger partial charge is 0.459 e. The number of ether oxygens (including phenoxy) is 3. The van der Waals surface area contributed by atoms with E-state index in [0.29, 0.717) is 5.56 Å². The molecule has 3 N–H and O–H groups in total. The number of H-pyrrole nitrogens is 1. The molecule has 1 aromatic heterocycles. The molecule has 1 aromatic carbocycles. The molecule has 0 spiro atoms. The zero-order valence-electron chi connectivity index (χ0n) is 13.2. The van der Waals surface area contributed by atoms with Crippen LogP contribution in [0.25, 0.3) is 0 Å². The summed E-state index contributed by atoms with van der Waals surface area (Å²) in [4.78, 5) is 37.0. The molecule has 0 saturated carbocycles. The van der Waals surface area contributed by atoms with Crippen LogP contribution in [0.4, 0.5) is 0 Å². The molecule has 0 amide bonds. The van der Waals surface area contributed by atoms with E-state index in [1.165, 1.54) is 0 Å². The van der Waals surface area contributed by atoms with Crippen molar-refractivity contribution in [1.82, 2.24) is 9.55 Å². The number of epoxide rings is 1. The zero-order chi connectivity index (χ0) is 18.5. The second-order valence-corrected chi connectivity index (χ2v) is 5.95. The van der Waals surface area contributed by atoms with Crippen LogP contribution < -0.4 is 11.2 Å². The van der Waals surface area contributed by atoms with Crippen LogP contribution in [0.5, 0.6) is 0 Å². The maximum Gasteiger partial charge on any atom is 0.338 e. The summed E-state index contributed by atoms with van der Waals surface area (Å²) < 4.78 is 16.4. The fraction of sp³-hybridized carbons (Fsp3) is 0.312. The lowest BCUT2D eigenvalue weighted by atomic mass is 10.1. The molecule has 0 bridgehead atoms. The Morgan fingerprint density at radius 3 is 2.62 bits per heavy atom. The van der Waals surface area contributed by atoms with Crippen molar-refractivity contribution in [3.63, 3.8) is 0 Å². The van der Waals surface area contributed by atoms with Gasteiger partial charge in [0, 0.05) is 12.3 Å². The Hall–Kier alpha value is -2.79. The molecule has 2 saturated heterocycles. The van der Waals surface area contributed by atoms with Crippen LogP contribution in [-0.4, -0.2) is 50.0 Å². The van der Waals surface area contributed by atoms with Gasteiger partial charge >= 0.3 is 11.7 Å². The number of aromatic amines is 1. The van der Waals surface area contributed by atoms with Gasteiger partial charge in [0.1, 0.15) is 6.61 Å². The standard InChI is InChI=1S/C16H14N2O8/c19-11-6-7-18(14(21)17-11)13-16(23)15(22,26-16)10(25-13)8-24-12(20)9-4-2-1-3-5-9/h1-7,10,13,22-23H,8H2,(H,17,19,21)/t10-,13-,15-,16+/m1/s1. The number of nitrogens with zero attached hydrogens (tertiary/aromatic N) is 1. The minimum absolute atomic E-state index is 0.304. The van der Waals surface area contributed by atoms with Crippen LogP contribution in [0.15, 0.2) is 52.2 Å². The first-order chi connectivity index (χ1) is 12.3. The lowest BCUT2D eigenvalue weighted by molar-refractivity contribution is -0.182. The summed E-state index contributed by atoms with van der Waals surface area (Å²) in [6.45, 7) is -0.416. The van der Waals surface area contributed by atoms with Gasteiger partial charge in [-0.15, -0.1) is 0 Å². The molecule has 2 aromatic rings. The molecule has 26 heavy (non-hydrogen) atoms. The fourth-order valence-corrected chi connectivity index (χ4v) is 2.90.